The number of nitrogens with zero attached hydrogens (tertiary/aromatic N) is 1. The van der Waals surface area contributed by atoms with Crippen molar-refractivity contribution in [2.24, 2.45) is 0 Å². The maximum Gasteiger partial charge on any atom is 0.291 e. The van der Waals surface area contributed by atoms with Crippen molar-refractivity contribution in [3.63, 3.8) is 0 Å². The van der Waals surface area contributed by atoms with E-state index in [0.717, 1.165) is 32.7 Å². The molecule has 3 rings (SSSR count). The summed E-state index contributed by atoms with van der Waals surface area (Å²) in [6.45, 7) is 5.35. The van der Waals surface area contributed by atoms with Crippen LogP contribution in [0, 0.1) is 0 Å². The van der Waals surface area contributed by atoms with Crippen molar-refractivity contribution in [2.75, 3.05) is 51.2 Å². The minimum Gasteiger partial charge on any atom is -0.484 e. The maximum absolute atomic E-state index is 12.0. The molecule has 8 nitrogen and oxygen atoms in total. The van der Waals surface area contributed by atoms with Gasteiger partial charge < -0.3 is 25.1 Å². The summed E-state index contributed by atoms with van der Waals surface area (Å²) in [5.74, 6) is 0.215. The number of hydrogen-bond donors (Lipinski definition) is 3. The molecule has 2 amide bonds. The van der Waals surface area contributed by atoms with Crippen molar-refractivity contribution < 1.29 is 18.7 Å². The smallest absolute Gasteiger partial charge is 0.291 e. The topological polar surface area (TPSA) is 95.8 Å². The van der Waals surface area contributed by atoms with E-state index in [0.29, 0.717) is 18.0 Å². The average Bonchev–Trinajstić information content (AvgIpc) is 3.23. The minimum atomic E-state index is -0.345. The molecule has 2 aromatic rings. The third kappa shape index (κ3) is 6.12. The van der Waals surface area contributed by atoms with Crippen molar-refractivity contribution in [3.05, 3.63) is 48.4 Å². The molecule has 0 atom stereocenters. The van der Waals surface area contributed by atoms with Gasteiger partial charge in [-0.2, -0.15) is 0 Å². The Bertz CT molecular complexity index is 742. The zero-order chi connectivity index (χ0) is 18.9. The van der Waals surface area contributed by atoms with Crippen molar-refractivity contribution >= 4 is 17.5 Å². The summed E-state index contributed by atoms with van der Waals surface area (Å²) in [5, 5.41) is 8.87. The normalized spacial score (nSPS) is 14.5. The first-order valence-corrected chi connectivity index (χ1v) is 8.98. The van der Waals surface area contributed by atoms with E-state index in [1.807, 2.05) is 0 Å². The first-order valence-electron chi connectivity index (χ1n) is 8.98. The summed E-state index contributed by atoms with van der Waals surface area (Å²) >= 11 is 0. The van der Waals surface area contributed by atoms with E-state index in [1.165, 1.54) is 6.26 Å². The van der Waals surface area contributed by atoms with Gasteiger partial charge in [0, 0.05) is 51.0 Å². The Labute approximate surface area is 157 Å². The van der Waals surface area contributed by atoms with E-state index < -0.39 is 0 Å². The summed E-state index contributed by atoms with van der Waals surface area (Å²) in [5.41, 5.74) is 0.563. The highest BCUT2D eigenvalue weighted by molar-refractivity contribution is 6.02. The number of piperazine rings is 1. The van der Waals surface area contributed by atoms with E-state index in [1.54, 1.807) is 36.4 Å². The Balaban J connectivity index is 1.39. The van der Waals surface area contributed by atoms with E-state index in [4.69, 9.17) is 9.15 Å². The van der Waals surface area contributed by atoms with Crippen molar-refractivity contribution in [3.8, 4) is 5.75 Å². The van der Waals surface area contributed by atoms with Crippen LogP contribution in [-0.4, -0.2) is 62.6 Å². The van der Waals surface area contributed by atoms with Gasteiger partial charge in [0.05, 0.1) is 6.26 Å². The lowest BCUT2D eigenvalue weighted by Gasteiger charge is -2.27. The highest BCUT2D eigenvalue weighted by Gasteiger charge is 2.11. The standard InChI is InChI=1S/C19H24N4O4/c24-18(21-8-11-23-9-6-20-7-10-23)14-27-16-4-1-3-15(13-16)22-19(25)17-5-2-12-26-17/h1-5,12-13,20H,6-11,14H2,(H,21,24)(H,22,25). The van der Waals surface area contributed by atoms with Crippen LogP contribution in [0.4, 0.5) is 5.69 Å². The molecular weight excluding hydrogens is 348 g/mol. The van der Waals surface area contributed by atoms with Crippen LogP contribution in [0.3, 0.4) is 0 Å². The first-order chi connectivity index (χ1) is 13.2. The molecule has 27 heavy (non-hydrogen) atoms. The third-order valence-electron chi connectivity index (χ3n) is 4.17. The number of amides is 2. The molecule has 0 spiro atoms. The fourth-order valence-electron chi connectivity index (χ4n) is 2.75. The summed E-state index contributed by atoms with van der Waals surface area (Å²) in [7, 11) is 0. The fraction of sp³-hybridized carbons (Fsp3) is 0.368. The SMILES string of the molecule is O=C(COc1cccc(NC(=O)c2ccco2)c1)NCCN1CCNCC1. The van der Waals surface area contributed by atoms with Gasteiger partial charge in [0.15, 0.2) is 12.4 Å². The van der Waals surface area contributed by atoms with E-state index >= 15 is 0 Å². The summed E-state index contributed by atoms with van der Waals surface area (Å²) in [6.07, 6.45) is 1.44. The molecule has 0 saturated carbocycles. The minimum absolute atomic E-state index is 0.0723. The number of rotatable bonds is 8. The summed E-state index contributed by atoms with van der Waals surface area (Å²) < 4.78 is 10.6. The Kier molecular flexibility index (Phi) is 6.84. The summed E-state index contributed by atoms with van der Waals surface area (Å²) in [4.78, 5) is 26.2. The number of anilines is 1. The number of furan rings is 1. The van der Waals surface area contributed by atoms with Crippen LogP contribution in [0.25, 0.3) is 0 Å². The maximum atomic E-state index is 12.0. The number of carbonyl (C=O) groups excluding carboxylic acids is 2. The zero-order valence-corrected chi connectivity index (χ0v) is 15.1. The Morgan fingerprint density at radius 3 is 2.81 bits per heavy atom. The van der Waals surface area contributed by atoms with Crippen LogP contribution < -0.4 is 20.7 Å². The van der Waals surface area contributed by atoms with E-state index in [2.05, 4.69) is 20.9 Å². The monoisotopic (exact) mass is 372 g/mol. The second-order valence-electron chi connectivity index (χ2n) is 6.19. The lowest BCUT2D eigenvalue weighted by molar-refractivity contribution is -0.123. The average molecular weight is 372 g/mol. The van der Waals surface area contributed by atoms with Gasteiger partial charge in [-0.25, -0.2) is 0 Å². The molecule has 2 heterocycles. The van der Waals surface area contributed by atoms with Crippen molar-refractivity contribution in [2.45, 2.75) is 0 Å². The largest absolute Gasteiger partial charge is 0.484 e. The highest BCUT2D eigenvalue weighted by Crippen LogP contribution is 2.18. The van der Waals surface area contributed by atoms with E-state index in [9.17, 15) is 9.59 Å². The quantitative estimate of drug-likeness (QED) is 0.638. The predicted molar refractivity (Wildman–Crippen MR) is 101 cm³/mol. The molecule has 1 aliphatic rings. The number of carbonyl (C=O) groups is 2. The third-order valence-corrected chi connectivity index (χ3v) is 4.17. The Morgan fingerprint density at radius 2 is 2.04 bits per heavy atom. The van der Waals surface area contributed by atoms with Gasteiger partial charge in [0.1, 0.15) is 5.75 Å². The van der Waals surface area contributed by atoms with Gasteiger partial charge in [0.2, 0.25) is 0 Å². The molecule has 0 aliphatic carbocycles. The second-order valence-corrected chi connectivity index (χ2v) is 6.19. The molecule has 1 aromatic heterocycles. The molecular formula is C19H24N4O4. The van der Waals surface area contributed by atoms with Crippen molar-refractivity contribution in [1.29, 1.82) is 0 Å². The highest BCUT2D eigenvalue weighted by atomic mass is 16.5. The van der Waals surface area contributed by atoms with Gasteiger partial charge in [0.25, 0.3) is 11.8 Å². The lowest BCUT2D eigenvalue weighted by Crippen LogP contribution is -2.46. The van der Waals surface area contributed by atoms with Gasteiger partial charge in [-0.3, -0.25) is 14.5 Å². The van der Waals surface area contributed by atoms with Crippen LogP contribution >= 0.6 is 0 Å². The van der Waals surface area contributed by atoms with E-state index in [-0.39, 0.29) is 24.2 Å². The molecule has 8 heteroatoms. The van der Waals surface area contributed by atoms with Crippen LogP contribution in [0.15, 0.2) is 47.1 Å². The van der Waals surface area contributed by atoms with Crippen LogP contribution in [0.5, 0.6) is 5.75 Å². The van der Waals surface area contributed by atoms with Crippen molar-refractivity contribution in [1.82, 2.24) is 15.5 Å². The first kappa shape index (κ1) is 18.9. The molecule has 3 N–H and O–H groups in total. The van der Waals surface area contributed by atoms with Crippen LogP contribution in [0.1, 0.15) is 10.6 Å². The molecule has 1 aliphatic heterocycles. The Morgan fingerprint density at radius 1 is 1.19 bits per heavy atom. The Hall–Kier alpha value is -2.84. The summed E-state index contributed by atoms with van der Waals surface area (Å²) in [6, 6.07) is 10.1. The molecule has 1 fully saturated rings. The fourth-order valence-corrected chi connectivity index (χ4v) is 2.75. The predicted octanol–water partition coefficient (Wildman–Crippen LogP) is 0.932. The molecule has 0 radical (unpaired) electrons. The molecule has 144 valence electrons. The number of nitrogens with one attached hydrogen (secondary N) is 3. The van der Waals surface area contributed by atoms with Crippen LogP contribution in [-0.2, 0) is 4.79 Å². The lowest BCUT2D eigenvalue weighted by atomic mass is 10.3. The second kappa shape index (κ2) is 9.75. The number of ether oxygens (including phenoxy) is 1. The number of benzene rings is 1. The molecule has 1 aromatic carbocycles. The molecule has 1 saturated heterocycles. The zero-order valence-electron chi connectivity index (χ0n) is 15.1. The molecule has 0 bridgehead atoms. The van der Waals surface area contributed by atoms with Gasteiger partial charge in [-0.15, -0.1) is 0 Å². The van der Waals surface area contributed by atoms with Crippen LogP contribution in [0.2, 0.25) is 0 Å². The number of hydrogen-bond acceptors (Lipinski definition) is 6. The van der Waals surface area contributed by atoms with Gasteiger partial charge in [-0.1, -0.05) is 6.07 Å². The molecule has 0 unspecified atom stereocenters. The van der Waals surface area contributed by atoms with Gasteiger partial charge >= 0.3 is 0 Å². The van der Waals surface area contributed by atoms with Gasteiger partial charge in [-0.05, 0) is 24.3 Å².